The molecule has 0 radical (unpaired) electrons. The van der Waals surface area contributed by atoms with Crippen molar-refractivity contribution >= 4 is 7.60 Å². The fourth-order valence-electron chi connectivity index (χ4n) is 1.45. The molecular formula is C12H25O3P. The van der Waals surface area contributed by atoms with E-state index in [4.69, 9.17) is 9.05 Å². The summed E-state index contributed by atoms with van der Waals surface area (Å²) in [6, 6.07) is 0. The smallest absolute Gasteiger partial charge is 0.306 e. The van der Waals surface area contributed by atoms with E-state index >= 15 is 0 Å². The molecular weight excluding hydrogens is 223 g/mol. The van der Waals surface area contributed by atoms with Gasteiger partial charge in [-0.25, -0.2) is 0 Å². The number of rotatable bonds is 10. The Bertz CT molecular complexity index is 228. The Morgan fingerprint density at radius 1 is 1.06 bits per heavy atom. The highest BCUT2D eigenvalue weighted by Gasteiger charge is 2.26. The summed E-state index contributed by atoms with van der Waals surface area (Å²) in [6.07, 6.45) is 5.30. The summed E-state index contributed by atoms with van der Waals surface area (Å²) in [7, 11) is -3.05. The van der Waals surface area contributed by atoms with Gasteiger partial charge in [0.1, 0.15) is 0 Å². The molecule has 0 bridgehead atoms. The van der Waals surface area contributed by atoms with Crippen molar-refractivity contribution in [2.75, 3.05) is 13.2 Å². The van der Waals surface area contributed by atoms with E-state index in [2.05, 4.69) is 13.5 Å². The minimum Gasteiger partial charge on any atom is -0.306 e. The van der Waals surface area contributed by atoms with E-state index in [1.807, 2.05) is 13.8 Å². The van der Waals surface area contributed by atoms with Gasteiger partial charge in [0.15, 0.2) is 0 Å². The van der Waals surface area contributed by atoms with Gasteiger partial charge < -0.3 is 9.05 Å². The van der Waals surface area contributed by atoms with Crippen molar-refractivity contribution in [1.29, 1.82) is 0 Å². The van der Waals surface area contributed by atoms with Gasteiger partial charge in [-0.2, -0.15) is 0 Å². The molecule has 0 aliphatic carbocycles. The Hall–Kier alpha value is -0.110. The van der Waals surface area contributed by atoms with E-state index in [1.54, 1.807) is 0 Å². The van der Waals surface area contributed by atoms with Gasteiger partial charge >= 0.3 is 7.60 Å². The van der Waals surface area contributed by atoms with Crippen LogP contribution in [0.3, 0.4) is 0 Å². The molecule has 0 saturated carbocycles. The fraction of sp³-hybridized carbons (Fsp3) is 0.833. The second kappa shape index (κ2) is 8.98. The van der Waals surface area contributed by atoms with Crippen LogP contribution in [0.25, 0.3) is 0 Å². The predicted molar refractivity (Wildman–Crippen MR) is 68.8 cm³/mol. The lowest BCUT2D eigenvalue weighted by atomic mass is 10.1. The lowest BCUT2D eigenvalue weighted by Crippen LogP contribution is -1.98. The minimum atomic E-state index is -3.05. The molecule has 0 N–H and O–H groups in total. The minimum absolute atomic E-state index is 0.394. The van der Waals surface area contributed by atoms with E-state index in [9.17, 15) is 4.57 Å². The van der Waals surface area contributed by atoms with Gasteiger partial charge in [0, 0.05) is 5.31 Å². The van der Waals surface area contributed by atoms with E-state index in [-0.39, 0.29) is 0 Å². The van der Waals surface area contributed by atoms with Crippen molar-refractivity contribution < 1.29 is 13.6 Å². The van der Waals surface area contributed by atoms with Gasteiger partial charge in [-0.3, -0.25) is 4.57 Å². The standard InChI is InChI=1S/C12H25O3P/c1-5-8-9-10-11-12(4)16(13,14-6-2)15-7-3/h4-11H2,1-3H3. The highest BCUT2D eigenvalue weighted by Crippen LogP contribution is 2.56. The van der Waals surface area contributed by atoms with Crippen LogP contribution in [0.15, 0.2) is 11.9 Å². The lowest BCUT2D eigenvalue weighted by Gasteiger charge is -2.18. The largest absolute Gasteiger partial charge is 0.356 e. The summed E-state index contributed by atoms with van der Waals surface area (Å²) in [6.45, 7) is 10.4. The van der Waals surface area contributed by atoms with Crippen LogP contribution in [-0.2, 0) is 13.6 Å². The van der Waals surface area contributed by atoms with Crippen LogP contribution < -0.4 is 0 Å². The maximum absolute atomic E-state index is 12.2. The maximum atomic E-state index is 12.2. The molecule has 0 aliphatic rings. The number of hydrogen-bond donors (Lipinski definition) is 0. The molecule has 0 amide bonds. The van der Waals surface area contributed by atoms with Crippen LogP contribution in [0.1, 0.15) is 52.9 Å². The molecule has 3 nitrogen and oxygen atoms in total. The molecule has 0 aromatic heterocycles. The van der Waals surface area contributed by atoms with Crippen LogP contribution in [0.4, 0.5) is 0 Å². The molecule has 0 spiro atoms. The molecule has 0 fully saturated rings. The summed E-state index contributed by atoms with van der Waals surface area (Å²) >= 11 is 0. The van der Waals surface area contributed by atoms with Gasteiger partial charge in [0.25, 0.3) is 0 Å². The van der Waals surface area contributed by atoms with Crippen molar-refractivity contribution in [3.63, 3.8) is 0 Å². The highest BCUT2D eigenvalue weighted by atomic mass is 31.2. The molecule has 0 saturated heterocycles. The van der Waals surface area contributed by atoms with E-state index in [0.29, 0.717) is 18.5 Å². The summed E-state index contributed by atoms with van der Waals surface area (Å²) in [5.41, 5.74) is 0. The average Bonchev–Trinajstić information content (AvgIpc) is 2.24. The molecule has 0 unspecified atom stereocenters. The summed E-state index contributed by atoms with van der Waals surface area (Å²) in [4.78, 5) is 0. The van der Waals surface area contributed by atoms with Crippen molar-refractivity contribution in [1.82, 2.24) is 0 Å². The van der Waals surface area contributed by atoms with Crippen molar-refractivity contribution in [2.24, 2.45) is 0 Å². The predicted octanol–water partition coefficient (Wildman–Crippen LogP) is 4.74. The Labute approximate surface area is 99.8 Å². The van der Waals surface area contributed by atoms with Crippen LogP contribution >= 0.6 is 7.60 Å². The molecule has 0 atom stereocenters. The first-order valence-electron chi connectivity index (χ1n) is 6.18. The van der Waals surface area contributed by atoms with E-state index < -0.39 is 7.60 Å². The number of allylic oxidation sites excluding steroid dienone is 1. The number of hydrogen-bond acceptors (Lipinski definition) is 3. The summed E-state index contributed by atoms with van der Waals surface area (Å²) in [5, 5.41) is 0.618. The SMILES string of the molecule is C=C(CCCCCC)P(=O)(OCC)OCC. The van der Waals surface area contributed by atoms with Crippen LogP contribution in [0, 0.1) is 0 Å². The molecule has 0 aliphatic heterocycles. The van der Waals surface area contributed by atoms with Crippen LogP contribution in [0.2, 0.25) is 0 Å². The molecule has 0 rings (SSSR count). The molecule has 0 heterocycles. The van der Waals surface area contributed by atoms with Gasteiger partial charge in [-0.15, -0.1) is 0 Å². The quantitative estimate of drug-likeness (QED) is 0.414. The van der Waals surface area contributed by atoms with Crippen LogP contribution in [0.5, 0.6) is 0 Å². The first-order valence-corrected chi connectivity index (χ1v) is 7.72. The highest BCUT2D eigenvalue weighted by molar-refractivity contribution is 7.58. The monoisotopic (exact) mass is 248 g/mol. The van der Waals surface area contributed by atoms with Crippen molar-refractivity contribution in [2.45, 2.75) is 52.9 Å². The zero-order valence-electron chi connectivity index (χ0n) is 10.8. The molecule has 96 valence electrons. The summed E-state index contributed by atoms with van der Waals surface area (Å²) < 4.78 is 22.7. The normalized spacial score (nSPS) is 11.7. The molecule has 4 heteroatoms. The lowest BCUT2D eigenvalue weighted by molar-refractivity contribution is 0.225. The topological polar surface area (TPSA) is 35.5 Å². The Morgan fingerprint density at radius 3 is 2.06 bits per heavy atom. The zero-order chi connectivity index (χ0) is 12.4. The van der Waals surface area contributed by atoms with Crippen LogP contribution in [-0.4, -0.2) is 13.2 Å². The van der Waals surface area contributed by atoms with Gasteiger partial charge in [-0.1, -0.05) is 32.8 Å². The summed E-state index contributed by atoms with van der Waals surface area (Å²) in [5.74, 6) is 0. The third-order valence-corrected chi connectivity index (χ3v) is 4.50. The first kappa shape index (κ1) is 15.9. The third kappa shape index (κ3) is 5.83. The molecule has 0 aromatic carbocycles. The Morgan fingerprint density at radius 2 is 1.62 bits per heavy atom. The second-order valence-electron chi connectivity index (χ2n) is 3.71. The zero-order valence-corrected chi connectivity index (χ0v) is 11.7. The third-order valence-electron chi connectivity index (χ3n) is 2.30. The van der Waals surface area contributed by atoms with Gasteiger partial charge in [0.2, 0.25) is 0 Å². The average molecular weight is 248 g/mol. The Balaban J connectivity index is 4.12. The molecule has 0 aromatic rings. The second-order valence-corrected chi connectivity index (χ2v) is 5.85. The fourth-order valence-corrected chi connectivity index (χ4v) is 3.00. The number of unbranched alkanes of at least 4 members (excludes halogenated alkanes) is 3. The van der Waals surface area contributed by atoms with E-state index in [0.717, 1.165) is 19.3 Å². The van der Waals surface area contributed by atoms with Gasteiger partial charge in [-0.05, 0) is 26.7 Å². The van der Waals surface area contributed by atoms with Crippen molar-refractivity contribution in [3.8, 4) is 0 Å². The van der Waals surface area contributed by atoms with Gasteiger partial charge in [0.05, 0.1) is 13.2 Å². The first-order chi connectivity index (χ1) is 7.60. The maximum Gasteiger partial charge on any atom is 0.356 e. The Kier molecular flexibility index (Phi) is 8.91. The molecule has 16 heavy (non-hydrogen) atoms. The van der Waals surface area contributed by atoms with Crippen molar-refractivity contribution in [3.05, 3.63) is 11.9 Å². The van der Waals surface area contributed by atoms with E-state index in [1.165, 1.54) is 12.8 Å².